The van der Waals surface area contributed by atoms with Crippen molar-refractivity contribution in [2.45, 2.75) is 0 Å². The van der Waals surface area contributed by atoms with Gasteiger partial charge in [0.15, 0.2) is 5.84 Å². The van der Waals surface area contributed by atoms with Crippen molar-refractivity contribution >= 4 is 17.4 Å². The molecule has 7 nitrogen and oxygen atoms in total. The van der Waals surface area contributed by atoms with Crippen LogP contribution in [0.3, 0.4) is 0 Å². The Morgan fingerprint density at radius 1 is 1.26 bits per heavy atom. The molecule has 0 radical (unpaired) electrons. The first kappa shape index (κ1) is 12.5. The zero-order chi connectivity index (χ0) is 13.7. The van der Waals surface area contributed by atoms with E-state index < -0.39 is 0 Å². The number of hydrogen-bond acceptors (Lipinski definition) is 5. The molecule has 1 aromatic carbocycles. The molecule has 0 spiro atoms. The molecule has 0 aliphatic heterocycles. The standard InChI is InChI=1S/C12H11N5O2/c13-11(17-19)8-1-3-9(4-2-8)16-12(18)10-7-14-5-6-15-10/h1-7,19H,(H2,13,17)(H,16,18). The van der Waals surface area contributed by atoms with Crippen molar-refractivity contribution < 1.29 is 10.0 Å². The molecular weight excluding hydrogens is 246 g/mol. The van der Waals surface area contributed by atoms with Gasteiger partial charge in [-0.2, -0.15) is 0 Å². The molecule has 0 atom stereocenters. The van der Waals surface area contributed by atoms with Crippen molar-refractivity contribution in [3.8, 4) is 0 Å². The van der Waals surface area contributed by atoms with Crippen molar-refractivity contribution in [3.63, 3.8) is 0 Å². The molecule has 19 heavy (non-hydrogen) atoms. The zero-order valence-corrected chi connectivity index (χ0v) is 9.82. The quantitative estimate of drug-likeness (QED) is 0.326. The van der Waals surface area contributed by atoms with Crippen molar-refractivity contribution in [1.82, 2.24) is 9.97 Å². The molecular formula is C12H11N5O2. The van der Waals surface area contributed by atoms with Gasteiger partial charge in [-0.25, -0.2) is 4.98 Å². The number of nitrogens with zero attached hydrogens (tertiary/aromatic N) is 3. The maximum absolute atomic E-state index is 11.8. The molecule has 1 heterocycles. The maximum Gasteiger partial charge on any atom is 0.275 e. The van der Waals surface area contributed by atoms with Crippen LogP contribution in [0.15, 0.2) is 48.0 Å². The average molecular weight is 257 g/mol. The van der Waals surface area contributed by atoms with E-state index in [-0.39, 0.29) is 17.4 Å². The fourth-order valence-corrected chi connectivity index (χ4v) is 1.39. The molecule has 7 heteroatoms. The number of hydrogen-bond donors (Lipinski definition) is 3. The third-order valence-corrected chi connectivity index (χ3v) is 2.34. The van der Waals surface area contributed by atoms with Crippen LogP contribution >= 0.6 is 0 Å². The van der Waals surface area contributed by atoms with Crippen LogP contribution in [0.5, 0.6) is 0 Å². The highest BCUT2D eigenvalue weighted by atomic mass is 16.4. The van der Waals surface area contributed by atoms with E-state index in [2.05, 4.69) is 20.4 Å². The lowest BCUT2D eigenvalue weighted by molar-refractivity contribution is 0.102. The highest BCUT2D eigenvalue weighted by molar-refractivity contribution is 6.03. The van der Waals surface area contributed by atoms with Gasteiger partial charge in [-0.15, -0.1) is 0 Å². The van der Waals surface area contributed by atoms with Gasteiger partial charge < -0.3 is 16.3 Å². The number of rotatable bonds is 3. The fraction of sp³-hybridized carbons (Fsp3) is 0. The summed E-state index contributed by atoms with van der Waals surface area (Å²) in [5, 5.41) is 14.1. The predicted octanol–water partition coefficient (Wildman–Crippen LogP) is 0.823. The predicted molar refractivity (Wildman–Crippen MR) is 68.9 cm³/mol. The Hall–Kier alpha value is -2.96. The van der Waals surface area contributed by atoms with Gasteiger partial charge in [0, 0.05) is 23.6 Å². The highest BCUT2D eigenvalue weighted by Crippen LogP contribution is 2.10. The minimum atomic E-state index is -0.357. The van der Waals surface area contributed by atoms with Crippen LogP contribution in [-0.4, -0.2) is 26.9 Å². The number of amides is 1. The summed E-state index contributed by atoms with van der Waals surface area (Å²) in [5.41, 5.74) is 6.79. The highest BCUT2D eigenvalue weighted by Gasteiger charge is 2.07. The van der Waals surface area contributed by atoms with E-state index in [0.717, 1.165) is 0 Å². The fourth-order valence-electron chi connectivity index (χ4n) is 1.39. The summed E-state index contributed by atoms with van der Waals surface area (Å²) in [6.07, 6.45) is 4.30. The molecule has 1 amide bonds. The number of carbonyl (C=O) groups is 1. The Bertz CT molecular complexity index is 595. The molecule has 0 aliphatic rings. The third-order valence-electron chi connectivity index (χ3n) is 2.34. The van der Waals surface area contributed by atoms with E-state index in [1.165, 1.54) is 18.6 Å². The third kappa shape index (κ3) is 3.03. The Morgan fingerprint density at radius 2 is 2.00 bits per heavy atom. The number of benzene rings is 1. The maximum atomic E-state index is 11.8. The summed E-state index contributed by atoms with van der Waals surface area (Å²) in [7, 11) is 0. The summed E-state index contributed by atoms with van der Waals surface area (Å²) in [6.45, 7) is 0. The van der Waals surface area contributed by atoms with Crippen LogP contribution < -0.4 is 11.1 Å². The number of anilines is 1. The van der Waals surface area contributed by atoms with E-state index in [0.29, 0.717) is 11.3 Å². The van der Waals surface area contributed by atoms with Crippen molar-refractivity contribution in [2.24, 2.45) is 10.9 Å². The van der Waals surface area contributed by atoms with E-state index >= 15 is 0 Å². The van der Waals surface area contributed by atoms with Crippen molar-refractivity contribution in [3.05, 3.63) is 54.1 Å². The Balaban J connectivity index is 2.10. The number of aromatic nitrogens is 2. The van der Waals surface area contributed by atoms with Crippen LogP contribution in [0.25, 0.3) is 0 Å². The molecule has 2 aromatic rings. The molecule has 0 bridgehead atoms. The van der Waals surface area contributed by atoms with E-state index in [9.17, 15) is 4.79 Å². The average Bonchev–Trinajstić information content (AvgIpc) is 2.48. The SMILES string of the molecule is NC(=NO)c1ccc(NC(=O)c2cnccn2)cc1. The lowest BCUT2D eigenvalue weighted by Gasteiger charge is -2.05. The molecule has 2 rings (SSSR count). The van der Waals surface area contributed by atoms with Gasteiger partial charge in [0.2, 0.25) is 0 Å². The lowest BCUT2D eigenvalue weighted by Crippen LogP contribution is -2.15. The second-order valence-electron chi connectivity index (χ2n) is 3.61. The summed E-state index contributed by atoms with van der Waals surface area (Å²) in [6, 6.07) is 6.53. The summed E-state index contributed by atoms with van der Waals surface area (Å²) < 4.78 is 0. The van der Waals surface area contributed by atoms with Crippen LogP contribution in [0.2, 0.25) is 0 Å². The van der Waals surface area contributed by atoms with Crippen LogP contribution in [-0.2, 0) is 0 Å². The molecule has 0 unspecified atom stereocenters. The number of amidine groups is 1. The number of nitrogens with two attached hydrogens (primary N) is 1. The second-order valence-corrected chi connectivity index (χ2v) is 3.61. The van der Waals surface area contributed by atoms with Crippen LogP contribution in [0, 0.1) is 0 Å². The van der Waals surface area contributed by atoms with Gasteiger partial charge in [0.25, 0.3) is 5.91 Å². The van der Waals surface area contributed by atoms with Gasteiger partial charge in [-0.3, -0.25) is 9.78 Å². The van der Waals surface area contributed by atoms with E-state index in [4.69, 9.17) is 10.9 Å². The first-order valence-electron chi connectivity index (χ1n) is 5.36. The molecule has 0 saturated carbocycles. The lowest BCUT2D eigenvalue weighted by atomic mass is 10.2. The van der Waals surface area contributed by atoms with Crippen molar-refractivity contribution in [2.75, 3.05) is 5.32 Å². The summed E-state index contributed by atoms with van der Waals surface area (Å²) in [5.74, 6) is -0.351. The number of carbonyl (C=O) groups excluding carboxylic acids is 1. The summed E-state index contributed by atoms with van der Waals surface area (Å²) >= 11 is 0. The minimum Gasteiger partial charge on any atom is -0.409 e. The molecule has 1 aromatic heterocycles. The Labute approximate surface area is 108 Å². The number of oxime groups is 1. The van der Waals surface area contributed by atoms with E-state index in [1.807, 2.05) is 0 Å². The van der Waals surface area contributed by atoms with Gasteiger partial charge >= 0.3 is 0 Å². The zero-order valence-electron chi connectivity index (χ0n) is 9.82. The van der Waals surface area contributed by atoms with Crippen LogP contribution in [0.1, 0.15) is 16.1 Å². The van der Waals surface area contributed by atoms with Gasteiger partial charge in [0.1, 0.15) is 5.69 Å². The van der Waals surface area contributed by atoms with Gasteiger partial charge in [0.05, 0.1) is 6.20 Å². The largest absolute Gasteiger partial charge is 0.409 e. The van der Waals surface area contributed by atoms with E-state index in [1.54, 1.807) is 24.3 Å². The van der Waals surface area contributed by atoms with Crippen LogP contribution in [0.4, 0.5) is 5.69 Å². The first-order valence-corrected chi connectivity index (χ1v) is 5.36. The topological polar surface area (TPSA) is 113 Å². The van der Waals surface area contributed by atoms with Gasteiger partial charge in [-0.05, 0) is 24.3 Å². The molecule has 0 aliphatic carbocycles. The first-order chi connectivity index (χ1) is 9.20. The smallest absolute Gasteiger partial charge is 0.275 e. The Morgan fingerprint density at radius 3 is 2.58 bits per heavy atom. The Kier molecular flexibility index (Phi) is 3.67. The normalized spacial score (nSPS) is 11.1. The molecule has 0 saturated heterocycles. The van der Waals surface area contributed by atoms with Crippen molar-refractivity contribution in [1.29, 1.82) is 0 Å². The monoisotopic (exact) mass is 257 g/mol. The molecule has 96 valence electrons. The second kappa shape index (κ2) is 5.58. The summed E-state index contributed by atoms with van der Waals surface area (Å²) in [4.78, 5) is 19.5. The van der Waals surface area contributed by atoms with Gasteiger partial charge in [-0.1, -0.05) is 5.16 Å². The minimum absolute atomic E-state index is 0.00630. The molecule has 4 N–H and O–H groups in total. The molecule has 0 fully saturated rings. The number of nitrogens with one attached hydrogen (secondary N) is 1.